The maximum Gasteiger partial charge on any atom is 0.0789 e. The molecule has 1 heterocycles. The number of aliphatic hydroxyl groups is 1. The first-order valence-corrected chi connectivity index (χ1v) is 16.8. The second-order valence-corrected chi connectivity index (χ2v) is 15.3. The highest BCUT2D eigenvalue weighted by atomic mass is 16.3. The minimum absolute atomic E-state index is 0.187. The van der Waals surface area contributed by atoms with Crippen molar-refractivity contribution >= 4 is 0 Å². The van der Waals surface area contributed by atoms with Crippen molar-refractivity contribution in [2.75, 3.05) is 32.7 Å². The van der Waals surface area contributed by atoms with Crippen LogP contribution in [0.3, 0.4) is 0 Å². The van der Waals surface area contributed by atoms with Gasteiger partial charge in [0.25, 0.3) is 0 Å². The first-order valence-electron chi connectivity index (χ1n) is 16.8. The molecule has 3 rings (SSSR count). The van der Waals surface area contributed by atoms with Crippen LogP contribution in [0.2, 0.25) is 0 Å². The summed E-state index contributed by atoms with van der Waals surface area (Å²) in [4.78, 5) is 2.38. The molecule has 236 valence electrons. The Morgan fingerprint density at radius 1 is 0.833 bits per heavy atom. The van der Waals surface area contributed by atoms with E-state index in [0.29, 0.717) is 19.1 Å². The van der Waals surface area contributed by atoms with Crippen LogP contribution >= 0.6 is 0 Å². The summed E-state index contributed by atoms with van der Waals surface area (Å²) in [7, 11) is 0. The summed E-state index contributed by atoms with van der Waals surface area (Å²) in [5.74, 6) is 0.718. The topological polar surface area (TPSA) is 61.5 Å². The maximum absolute atomic E-state index is 9.95. The molecular formula is C38H63N3O. The number of aryl methyl sites for hydroxylation is 4. The molecule has 1 atom stereocenters. The molecule has 2 aromatic rings. The molecule has 0 aliphatic carbocycles. The van der Waals surface area contributed by atoms with E-state index in [4.69, 9.17) is 5.73 Å². The number of β-amino-alcohol motifs (C(OH)–C–C–N with tert-alkyl or cyclic N) is 1. The largest absolute Gasteiger partial charge is 0.390 e. The van der Waals surface area contributed by atoms with Crippen LogP contribution < -0.4 is 11.1 Å². The van der Waals surface area contributed by atoms with Crippen molar-refractivity contribution < 1.29 is 5.11 Å². The summed E-state index contributed by atoms with van der Waals surface area (Å²) >= 11 is 0. The second-order valence-electron chi connectivity index (χ2n) is 15.3. The van der Waals surface area contributed by atoms with Gasteiger partial charge in [0.2, 0.25) is 0 Å². The van der Waals surface area contributed by atoms with Gasteiger partial charge >= 0.3 is 0 Å². The molecule has 0 amide bonds. The number of piperidine rings is 1. The molecule has 0 aromatic heterocycles. The Kier molecular flexibility index (Phi) is 13.1. The van der Waals surface area contributed by atoms with Gasteiger partial charge in [-0.3, -0.25) is 0 Å². The first-order chi connectivity index (χ1) is 19.8. The number of nitrogens with two attached hydrogens (primary N) is 1. The third-order valence-electron chi connectivity index (χ3n) is 9.57. The Morgan fingerprint density at radius 2 is 1.31 bits per heavy atom. The lowest BCUT2D eigenvalue weighted by Crippen LogP contribution is -2.43. The maximum atomic E-state index is 9.95. The van der Waals surface area contributed by atoms with Gasteiger partial charge in [0, 0.05) is 19.1 Å². The van der Waals surface area contributed by atoms with E-state index >= 15 is 0 Å². The zero-order valence-electron chi connectivity index (χ0n) is 28.4. The molecule has 4 heteroatoms. The Hall–Kier alpha value is -1.72. The molecule has 0 spiro atoms. The lowest BCUT2D eigenvalue weighted by atomic mass is 9.84. The molecular weight excluding hydrogens is 514 g/mol. The Labute approximate surface area is 258 Å². The van der Waals surface area contributed by atoms with Crippen LogP contribution in [0.4, 0.5) is 0 Å². The summed E-state index contributed by atoms with van der Waals surface area (Å²) < 4.78 is 0. The van der Waals surface area contributed by atoms with Crippen LogP contribution in [0, 0.1) is 19.8 Å². The van der Waals surface area contributed by atoms with Crippen LogP contribution in [0.25, 0.3) is 0 Å². The van der Waals surface area contributed by atoms with Crippen molar-refractivity contribution in [2.24, 2.45) is 11.7 Å². The molecule has 0 bridgehead atoms. The van der Waals surface area contributed by atoms with E-state index in [2.05, 4.69) is 102 Å². The smallest absolute Gasteiger partial charge is 0.0789 e. The minimum atomic E-state index is -0.399. The fraction of sp³-hybridized carbons (Fsp3) is 0.684. The monoisotopic (exact) mass is 577 g/mol. The number of aliphatic hydroxyl groups excluding tert-OH is 1. The SMILES string of the molecule is Cc1ccc(C(C)(C)C)cc1CCCC(CCCc1cc(C(C)(C)C)ccc1C)NCC1CCN(CC(O)CN)CC1. The third kappa shape index (κ3) is 11.1. The molecule has 4 N–H and O–H groups in total. The average Bonchev–Trinajstić information content (AvgIpc) is 2.92. The average molecular weight is 578 g/mol. The van der Waals surface area contributed by atoms with Crippen LogP contribution in [0.1, 0.15) is 113 Å². The van der Waals surface area contributed by atoms with E-state index in [1.807, 2.05) is 0 Å². The third-order valence-corrected chi connectivity index (χ3v) is 9.57. The quantitative estimate of drug-likeness (QED) is 0.222. The predicted octanol–water partition coefficient (Wildman–Crippen LogP) is 7.23. The lowest BCUT2D eigenvalue weighted by molar-refractivity contribution is 0.0933. The van der Waals surface area contributed by atoms with Gasteiger partial charge in [-0.1, -0.05) is 77.9 Å². The summed E-state index contributed by atoms with van der Waals surface area (Å²) in [5, 5.41) is 14.0. The molecule has 0 saturated carbocycles. The fourth-order valence-electron chi connectivity index (χ4n) is 6.32. The van der Waals surface area contributed by atoms with E-state index in [1.54, 1.807) is 0 Å². The number of likely N-dealkylation sites (tertiary alicyclic amines) is 1. The van der Waals surface area contributed by atoms with Gasteiger partial charge in [-0.15, -0.1) is 0 Å². The predicted molar refractivity (Wildman–Crippen MR) is 182 cm³/mol. The second kappa shape index (κ2) is 15.8. The van der Waals surface area contributed by atoms with Crippen LogP contribution in [0.5, 0.6) is 0 Å². The molecule has 0 radical (unpaired) electrons. The molecule has 1 aliphatic rings. The number of hydrogen-bond donors (Lipinski definition) is 3. The molecule has 1 aliphatic heterocycles. The van der Waals surface area contributed by atoms with Gasteiger partial charge < -0.3 is 21.1 Å². The zero-order valence-corrected chi connectivity index (χ0v) is 28.4. The summed E-state index contributed by atoms with van der Waals surface area (Å²) in [6.45, 7) is 22.7. The highest BCUT2D eigenvalue weighted by Gasteiger charge is 2.22. The standard InChI is InChI=1S/C38H63N3O/c1-28-15-17-33(37(3,4)5)23-31(28)11-9-13-35(40-26-30-19-21-41(22-20-30)27-36(42)25-39)14-10-12-32-24-34(38(6,7)8)18-16-29(32)2/h15-18,23-24,30,35-36,40,42H,9-14,19-22,25-27,39H2,1-8H3. The Balaban J connectivity index is 1.59. The van der Waals surface area contributed by atoms with E-state index in [-0.39, 0.29) is 10.8 Å². The van der Waals surface area contributed by atoms with E-state index in [1.165, 1.54) is 71.9 Å². The fourth-order valence-corrected chi connectivity index (χ4v) is 6.32. The lowest BCUT2D eigenvalue weighted by Gasteiger charge is -2.34. The van der Waals surface area contributed by atoms with Crippen LogP contribution in [-0.2, 0) is 23.7 Å². The number of nitrogens with one attached hydrogen (secondary N) is 1. The van der Waals surface area contributed by atoms with Crippen molar-refractivity contribution in [2.45, 2.75) is 130 Å². The minimum Gasteiger partial charge on any atom is -0.390 e. The number of rotatable bonds is 14. The Bertz CT molecular complexity index is 1020. The van der Waals surface area contributed by atoms with Gasteiger partial charge in [-0.2, -0.15) is 0 Å². The Morgan fingerprint density at radius 3 is 1.74 bits per heavy atom. The molecule has 4 nitrogen and oxygen atoms in total. The van der Waals surface area contributed by atoms with Gasteiger partial charge in [0.15, 0.2) is 0 Å². The van der Waals surface area contributed by atoms with Gasteiger partial charge in [-0.25, -0.2) is 0 Å². The van der Waals surface area contributed by atoms with E-state index in [9.17, 15) is 5.11 Å². The van der Waals surface area contributed by atoms with Crippen molar-refractivity contribution in [1.29, 1.82) is 0 Å². The van der Waals surface area contributed by atoms with Crippen LogP contribution in [-0.4, -0.2) is 54.9 Å². The van der Waals surface area contributed by atoms with E-state index in [0.717, 1.165) is 38.4 Å². The molecule has 2 aromatic carbocycles. The number of benzene rings is 2. The number of hydrogen-bond acceptors (Lipinski definition) is 4. The zero-order chi connectivity index (χ0) is 30.9. The first kappa shape index (κ1) is 34.8. The van der Waals surface area contributed by atoms with Crippen molar-refractivity contribution in [3.05, 3.63) is 69.8 Å². The van der Waals surface area contributed by atoms with E-state index < -0.39 is 6.10 Å². The molecule has 1 fully saturated rings. The van der Waals surface area contributed by atoms with Gasteiger partial charge in [0.1, 0.15) is 0 Å². The molecule has 1 saturated heterocycles. The highest BCUT2D eigenvalue weighted by molar-refractivity contribution is 5.35. The van der Waals surface area contributed by atoms with Crippen molar-refractivity contribution in [1.82, 2.24) is 10.2 Å². The highest BCUT2D eigenvalue weighted by Crippen LogP contribution is 2.27. The summed E-state index contributed by atoms with van der Waals surface area (Å²) in [5.41, 5.74) is 14.8. The van der Waals surface area contributed by atoms with Crippen molar-refractivity contribution in [3.8, 4) is 0 Å². The molecule has 42 heavy (non-hydrogen) atoms. The summed E-state index contributed by atoms with van der Waals surface area (Å²) in [6.07, 6.45) is 9.21. The van der Waals surface area contributed by atoms with Gasteiger partial charge in [-0.05, 0) is 135 Å². The van der Waals surface area contributed by atoms with Gasteiger partial charge in [0.05, 0.1) is 6.10 Å². The normalized spacial score (nSPS) is 16.4. The van der Waals surface area contributed by atoms with Crippen molar-refractivity contribution in [3.63, 3.8) is 0 Å². The summed E-state index contributed by atoms with van der Waals surface area (Å²) in [6, 6.07) is 14.7. The van der Waals surface area contributed by atoms with Crippen LogP contribution in [0.15, 0.2) is 36.4 Å². The molecule has 1 unspecified atom stereocenters. The number of nitrogens with zero attached hydrogens (tertiary/aromatic N) is 1.